The van der Waals surface area contributed by atoms with Crippen LogP contribution in [0, 0.1) is 17.4 Å². The number of aromatic nitrogens is 1. The molecule has 0 saturated carbocycles. The standard InChI is InChI=1S/C13H12ClIN2O/c1-8-3-4-9(2)17(8)16-13(18)10-5-6-12(15)11(14)7-10/h3-7H,1-2H3,(H,16,18). The first-order valence-corrected chi connectivity index (χ1v) is 6.86. The molecule has 1 heterocycles. The predicted octanol–water partition coefficient (Wildman–Crippen LogP) is 3.75. The van der Waals surface area contributed by atoms with Crippen molar-refractivity contribution in [3.8, 4) is 0 Å². The van der Waals surface area contributed by atoms with Gasteiger partial charge in [-0.25, -0.2) is 0 Å². The fourth-order valence-corrected chi connectivity index (χ4v) is 2.16. The molecule has 0 atom stereocenters. The highest BCUT2D eigenvalue weighted by Gasteiger charge is 2.10. The number of amides is 1. The van der Waals surface area contributed by atoms with E-state index < -0.39 is 0 Å². The zero-order chi connectivity index (χ0) is 13.3. The Kier molecular flexibility index (Phi) is 3.97. The predicted molar refractivity (Wildman–Crippen MR) is 81.8 cm³/mol. The van der Waals surface area contributed by atoms with E-state index in [1.165, 1.54) is 0 Å². The molecule has 2 rings (SSSR count). The van der Waals surface area contributed by atoms with Crippen LogP contribution in [0.5, 0.6) is 0 Å². The van der Waals surface area contributed by atoms with Crippen LogP contribution >= 0.6 is 34.2 Å². The number of carbonyl (C=O) groups is 1. The van der Waals surface area contributed by atoms with E-state index in [4.69, 9.17) is 11.6 Å². The lowest BCUT2D eigenvalue weighted by atomic mass is 10.2. The molecule has 94 valence electrons. The molecular formula is C13H12ClIN2O. The van der Waals surface area contributed by atoms with Crippen molar-refractivity contribution in [2.75, 3.05) is 5.43 Å². The number of rotatable bonds is 2. The van der Waals surface area contributed by atoms with E-state index in [1.54, 1.807) is 16.8 Å². The van der Waals surface area contributed by atoms with Crippen molar-refractivity contribution in [2.24, 2.45) is 0 Å². The van der Waals surface area contributed by atoms with Gasteiger partial charge < -0.3 is 0 Å². The summed E-state index contributed by atoms with van der Waals surface area (Å²) in [7, 11) is 0. The number of halogens is 2. The molecule has 0 saturated heterocycles. The quantitative estimate of drug-likeness (QED) is 0.798. The minimum absolute atomic E-state index is 0.171. The number of nitrogens with one attached hydrogen (secondary N) is 1. The molecular weight excluding hydrogens is 363 g/mol. The number of carbonyl (C=O) groups excluding carboxylic acids is 1. The fraction of sp³-hybridized carbons (Fsp3) is 0.154. The van der Waals surface area contributed by atoms with Crippen LogP contribution in [0.1, 0.15) is 21.7 Å². The molecule has 1 aromatic carbocycles. The van der Waals surface area contributed by atoms with Gasteiger partial charge in [-0.3, -0.25) is 14.9 Å². The zero-order valence-electron chi connectivity index (χ0n) is 10.00. The van der Waals surface area contributed by atoms with Crippen molar-refractivity contribution in [1.82, 2.24) is 4.68 Å². The molecule has 18 heavy (non-hydrogen) atoms. The van der Waals surface area contributed by atoms with Gasteiger partial charge >= 0.3 is 0 Å². The average Bonchev–Trinajstić information content (AvgIpc) is 2.64. The monoisotopic (exact) mass is 374 g/mol. The van der Waals surface area contributed by atoms with Crippen LogP contribution in [0.3, 0.4) is 0 Å². The summed E-state index contributed by atoms with van der Waals surface area (Å²) in [6.07, 6.45) is 0. The highest BCUT2D eigenvalue weighted by Crippen LogP contribution is 2.19. The van der Waals surface area contributed by atoms with Crippen LogP contribution in [-0.2, 0) is 0 Å². The summed E-state index contributed by atoms with van der Waals surface area (Å²) in [4.78, 5) is 12.1. The first-order chi connectivity index (χ1) is 8.49. The molecule has 1 aromatic heterocycles. The molecule has 0 spiro atoms. The molecule has 5 heteroatoms. The largest absolute Gasteiger partial charge is 0.270 e. The topological polar surface area (TPSA) is 34.0 Å². The minimum atomic E-state index is -0.171. The normalized spacial score (nSPS) is 10.4. The van der Waals surface area contributed by atoms with E-state index in [2.05, 4.69) is 28.0 Å². The third-order valence-corrected chi connectivity index (χ3v) is 4.24. The summed E-state index contributed by atoms with van der Waals surface area (Å²) in [6, 6.07) is 9.17. The van der Waals surface area contributed by atoms with Crippen LogP contribution in [0.4, 0.5) is 0 Å². The molecule has 3 nitrogen and oxygen atoms in total. The summed E-state index contributed by atoms with van der Waals surface area (Å²) >= 11 is 8.14. The van der Waals surface area contributed by atoms with Gasteiger partial charge in [0, 0.05) is 20.5 Å². The zero-order valence-corrected chi connectivity index (χ0v) is 12.9. The second-order valence-corrected chi connectivity index (χ2v) is 5.59. The Morgan fingerprint density at radius 3 is 2.39 bits per heavy atom. The SMILES string of the molecule is Cc1ccc(C)n1NC(=O)c1ccc(I)c(Cl)c1. The number of benzene rings is 1. The van der Waals surface area contributed by atoms with Crippen molar-refractivity contribution in [3.63, 3.8) is 0 Å². The van der Waals surface area contributed by atoms with Crippen molar-refractivity contribution >= 4 is 40.1 Å². The summed E-state index contributed by atoms with van der Waals surface area (Å²) in [6.45, 7) is 3.88. The van der Waals surface area contributed by atoms with Crippen molar-refractivity contribution in [2.45, 2.75) is 13.8 Å². The van der Waals surface area contributed by atoms with Gasteiger partial charge in [-0.05, 0) is 66.8 Å². The summed E-state index contributed by atoms with van der Waals surface area (Å²) < 4.78 is 2.69. The van der Waals surface area contributed by atoms with E-state index in [0.717, 1.165) is 15.0 Å². The van der Waals surface area contributed by atoms with Crippen molar-refractivity contribution in [3.05, 3.63) is 55.9 Å². The van der Waals surface area contributed by atoms with Crippen molar-refractivity contribution in [1.29, 1.82) is 0 Å². The molecule has 0 bridgehead atoms. The summed E-state index contributed by atoms with van der Waals surface area (Å²) in [5.74, 6) is -0.171. The molecule has 0 aliphatic heterocycles. The molecule has 1 amide bonds. The highest BCUT2D eigenvalue weighted by atomic mass is 127. The van der Waals surface area contributed by atoms with Gasteiger partial charge in [0.1, 0.15) is 0 Å². The molecule has 0 aliphatic rings. The van der Waals surface area contributed by atoms with Crippen LogP contribution in [-0.4, -0.2) is 10.6 Å². The number of nitrogens with zero attached hydrogens (tertiary/aromatic N) is 1. The highest BCUT2D eigenvalue weighted by molar-refractivity contribution is 14.1. The van der Waals surface area contributed by atoms with Gasteiger partial charge in [-0.15, -0.1) is 0 Å². The van der Waals surface area contributed by atoms with Crippen molar-refractivity contribution < 1.29 is 4.79 Å². The first-order valence-electron chi connectivity index (χ1n) is 5.40. The maximum Gasteiger partial charge on any atom is 0.270 e. The van der Waals surface area contributed by atoms with E-state index in [9.17, 15) is 4.79 Å². The summed E-state index contributed by atoms with van der Waals surface area (Å²) in [5.41, 5.74) is 5.35. The number of hydrogen-bond donors (Lipinski definition) is 1. The Morgan fingerprint density at radius 1 is 1.22 bits per heavy atom. The lowest BCUT2D eigenvalue weighted by Gasteiger charge is -2.11. The third-order valence-electron chi connectivity index (χ3n) is 2.67. The van der Waals surface area contributed by atoms with Crippen LogP contribution in [0.25, 0.3) is 0 Å². The lowest BCUT2D eigenvalue weighted by molar-refractivity contribution is 0.101. The maximum absolute atomic E-state index is 12.1. The number of aryl methyl sites for hydroxylation is 2. The lowest BCUT2D eigenvalue weighted by Crippen LogP contribution is -2.24. The minimum Gasteiger partial charge on any atom is -0.267 e. The molecule has 1 N–H and O–H groups in total. The van der Waals surface area contributed by atoms with Gasteiger partial charge in [0.25, 0.3) is 5.91 Å². The Labute approximate surface area is 124 Å². The Hall–Kier alpha value is -1.01. The molecule has 0 aliphatic carbocycles. The Morgan fingerprint density at radius 2 is 1.83 bits per heavy atom. The summed E-state index contributed by atoms with van der Waals surface area (Å²) in [5, 5.41) is 0.587. The van der Waals surface area contributed by atoms with E-state index in [0.29, 0.717) is 10.6 Å². The fourth-order valence-electron chi connectivity index (χ4n) is 1.65. The molecule has 0 radical (unpaired) electrons. The molecule has 0 unspecified atom stereocenters. The van der Waals surface area contributed by atoms with Crippen LogP contribution in [0.15, 0.2) is 30.3 Å². The van der Waals surface area contributed by atoms with Gasteiger partial charge in [0.05, 0.1) is 5.02 Å². The van der Waals surface area contributed by atoms with E-state index >= 15 is 0 Å². The Balaban J connectivity index is 2.25. The maximum atomic E-state index is 12.1. The van der Waals surface area contributed by atoms with Gasteiger partial charge in [-0.2, -0.15) is 0 Å². The second-order valence-electron chi connectivity index (χ2n) is 4.02. The number of hydrogen-bond acceptors (Lipinski definition) is 1. The average molecular weight is 375 g/mol. The smallest absolute Gasteiger partial charge is 0.267 e. The van der Waals surface area contributed by atoms with Gasteiger partial charge in [-0.1, -0.05) is 11.6 Å². The first kappa shape index (κ1) is 13.4. The molecule has 0 fully saturated rings. The Bertz CT molecular complexity index is 588. The van der Waals surface area contributed by atoms with Gasteiger partial charge in [0.2, 0.25) is 0 Å². The second kappa shape index (κ2) is 5.32. The van der Waals surface area contributed by atoms with E-state index in [-0.39, 0.29) is 5.91 Å². The van der Waals surface area contributed by atoms with Gasteiger partial charge in [0.15, 0.2) is 0 Å². The molecule has 2 aromatic rings. The van der Waals surface area contributed by atoms with Crippen LogP contribution in [0.2, 0.25) is 5.02 Å². The van der Waals surface area contributed by atoms with Crippen LogP contribution < -0.4 is 5.43 Å². The third kappa shape index (κ3) is 2.70. The van der Waals surface area contributed by atoms with E-state index in [1.807, 2.05) is 32.0 Å².